The highest BCUT2D eigenvalue weighted by atomic mass is 15.6. The van der Waals surface area contributed by atoms with Crippen LogP contribution in [-0.2, 0) is 0 Å². The van der Waals surface area contributed by atoms with Gasteiger partial charge in [0.1, 0.15) is 0 Å². The fourth-order valence-corrected chi connectivity index (χ4v) is 1.65. The van der Waals surface area contributed by atoms with Crippen LogP contribution in [0.2, 0.25) is 0 Å². The summed E-state index contributed by atoms with van der Waals surface area (Å²) in [6, 6.07) is 10.6. The number of nitrogens with zero attached hydrogens (tertiary/aromatic N) is 3. The molecule has 2 rings (SSSR count). The number of rotatable bonds is 3. The van der Waals surface area contributed by atoms with Crippen LogP contribution in [-0.4, -0.2) is 12.6 Å². The molecule has 1 atom stereocenters. The van der Waals surface area contributed by atoms with Gasteiger partial charge in [-0.25, -0.2) is 5.01 Å². The largest absolute Gasteiger partial charge is 0.245 e. The molecular formula is C11H15N3. The van der Waals surface area contributed by atoms with E-state index < -0.39 is 0 Å². The molecule has 1 heterocycles. The standard InChI is InChI=1S/C11H15N3/c1-2-6-10-9-14(13-12-10)11-7-4-3-5-8-11/h3-5,7-8,10H,2,6,9H2,1H3. The van der Waals surface area contributed by atoms with E-state index in [1.165, 1.54) is 6.42 Å². The van der Waals surface area contributed by atoms with Gasteiger partial charge in [0, 0.05) is 0 Å². The summed E-state index contributed by atoms with van der Waals surface area (Å²) >= 11 is 0. The third-order valence-electron chi connectivity index (χ3n) is 2.38. The quantitative estimate of drug-likeness (QED) is 0.718. The fraction of sp³-hybridized carbons (Fsp3) is 0.455. The number of anilines is 1. The molecule has 14 heavy (non-hydrogen) atoms. The third kappa shape index (κ3) is 1.92. The van der Waals surface area contributed by atoms with Gasteiger partial charge in [0.25, 0.3) is 0 Å². The zero-order valence-electron chi connectivity index (χ0n) is 8.43. The molecule has 3 heteroatoms. The Balaban J connectivity index is 2.00. The van der Waals surface area contributed by atoms with Gasteiger partial charge in [0.05, 0.1) is 18.3 Å². The molecule has 0 saturated heterocycles. The molecule has 1 aromatic rings. The molecular weight excluding hydrogens is 174 g/mol. The van der Waals surface area contributed by atoms with Gasteiger partial charge in [-0.2, -0.15) is 5.11 Å². The highest BCUT2D eigenvalue weighted by Gasteiger charge is 2.18. The first-order valence-electron chi connectivity index (χ1n) is 5.13. The summed E-state index contributed by atoms with van der Waals surface area (Å²) in [6.07, 6.45) is 2.30. The maximum absolute atomic E-state index is 4.23. The summed E-state index contributed by atoms with van der Waals surface area (Å²) in [4.78, 5) is 0. The summed E-state index contributed by atoms with van der Waals surface area (Å²) in [5, 5.41) is 10.4. The van der Waals surface area contributed by atoms with E-state index in [9.17, 15) is 0 Å². The van der Waals surface area contributed by atoms with Crippen molar-refractivity contribution < 1.29 is 0 Å². The summed E-state index contributed by atoms with van der Waals surface area (Å²) in [7, 11) is 0. The van der Waals surface area contributed by atoms with Crippen LogP contribution in [0.5, 0.6) is 0 Å². The van der Waals surface area contributed by atoms with Crippen molar-refractivity contribution in [2.45, 2.75) is 25.8 Å². The Morgan fingerprint density at radius 2 is 2.14 bits per heavy atom. The molecule has 0 saturated carbocycles. The number of hydrogen-bond acceptors (Lipinski definition) is 3. The van der Waals surface area contributed by atoms with Crippen molar-refractivity contribution in [3.8, 4) is 0 Å². The summed E-state index contributed by atoms with van der Waals surface area (Å²) in [5.41, 5.74) is 1.13. The first-order chi connectivity index (χ1) is 6.90. The molecule has 1 aromatic carbocycles. The normalized spacial score (nSPS) is 20.4. The number of para-hydroxylation sites is 1. The van der Waals surface area contributed by atoms with E-state index in [1.807, 2.05) is 23.2 Å². The zero-order chi connectivity index (χ0) is 9.80. The smallest absolute Gasteiger partial charge is 0.0926 e. The van der Waals surface area contributed by atoms with E-state index in [2.05, 4.69) is 29.4 Å². The van der Waals surface area contributed by atoms with Crippen LogP contribution in [0.3, 0.4) is 0 Å². The van der Waals surface area contributed by atoms with Gasteiger partial charge in [-0.1, -0.05) is 36.8 Å². The Morgan fingerprint density at radius 1 is 1.36 bits per heavy atom. The van der Waals surface area contributed by atoms with Crippen LogP contribution in [0.4, 0.5) is 5.69 Å². The van der Waals surface area contributed by atoms with Crippen molar-refractivity contribution in [1.82, 2.24) is 0 Å². The second-order valence-corrected chi connectivity index (χ2v) is 3.57. The molecule has 0 amide bonds. The maximum atomic E-state index is 4.23. The van der Waals surface area contributed by atoms with E-state index in [0.29, 0.717) is 6.04 Å². The van der Waals surface area contributed by atoms with Crippen LogP contribution < -0.4 is 5.01 Å². The van der Waals surface area contributed by atoms with Gasteiger partial charge < -0.3 is 0 Å². The van der Waals surface area contributed by atoms with E-state index in [-0.39, 0.29) is 0 Å². The average Bonchev–Trinajstić information content (AvgIpc) is 2.68. The monoisotopic (exact) mass is 189 g/mol. The molecule has 1 aliphatic rings. The molecule has 1 aliphatic heterocycles. The summed E-state index contributed by atoms with van der Waals surface area (Å²) in [5.74, 6) is 0. The lowest BCUT2D eigenvalue weighted by Crippen LogP contribution is -2.19. The van der Waals surface area contributed by atoms with Crippen molar-refractivity contribution in [1.29, 1.82) is 0 Å². The molecule has 0 N–H and O–H groups in total. The fourth-order valence-electron chi connectivity index (χ4n) is 1.65. The van der Waals surface area contributed by atoms with Gasteiger partial charge >= 0.3 is 0 Å². The lowest BCUT2D eigenvalue weighted by molar-refractivity contribution is 0.638. The first-order valence-corrected chi connectivity index (χ1v) is 5.13. The van der Waals surface area contributed by atoms with Gasteiger partial charge in [0.2, 0.25) is 0 Å². The second-order valence-electron chi connectivity index (χ2n) is 3.57. The zero-order valence-corrected chi connectivity index (χ0v) is 8.43. The van der Waals surface area contributed by atoms with Crippen LogP contribution in [0.1, 0.15) is 19.8 Å². The van der Waals surface area contributed by atoms with Crippen LogP contribution in [0.15, 0.2) is 40.7 Å². The van der Waals surface area contributed by atoms with E-state index in [0.717, 1.165) is 18.7 Å². The van der Waals surface area contributed by atoms with Gasteiger partial charge in [0.15, 0.2) is 0 Å². The Hall–Kier alpha value is -1.38. The summed E-state index contributed by atoms with van der Waals surface area (Å²) in [6.45, 7) is 3.11. The maximum Gasteiger partial charge on any atom is 0.0926 e. The topological polar surface area (TPSA) is 28.0 Å². The molecule has 74 valence electrons. The Morgan fingerprint density at radius 3 is 2.86 bits per heavy atom. The second kappa shape index (κ2) is 4.22. The van der Waals surface area contributed by atoms with Crippen LogP contribution in [0, 0.1) is 0 Å². The van der Waals surface area contributed by atoms with Gasteiger partial charge in [-0.15, -0.1) is 0 Å². The minimum atomic E-state index is 0.389. The lowest BCUT2D eigenvalue weighted by Gasteiger charge is -2.12. The van der Waals surface area contributed by atoms with Gasteiger partial charge in [-0.3, -0.25) is 0 Å². The predicted octanol–water partition coefficient (Wildman–Crippen LogP) is 3.04. The number of hydrogen-bond donors (Lipinski definition) is 0. The molecule has 3 nitrogen and oxygen atoms in total. The first kappa shape index (κ1) is 9.19. The third-order valence-corrected chi connectivity index (χ3v) is 2.38. The van der Waals surface area contributed by atoms with Crippen LogP contribution in [0.25, 0.3) is 0 Å². The molecule has 0 spiro atoms. The SMILES string of the molecule is CCCC1CN(c2ccccc2)N=N1. The Bertz CT molecular complexity index is 308. The van der Waals surface area contributed by atoms with Crippen molar-refractivity contribution in [2.24, 2.45) is 10.3 Å². The van der Waals surface area contributed by atoms with E-state index >= 15 is 0 Å². The minimum Gasteiger partial charge on any atom is -0.245 e. The average molecular weight is 189 g/mol. The van der Waals surface area contributed by atoms with E-state index in [4.69, 9.17) is 0 Å². The molecule has 0 bridgehead atoms. The lowest BCUT2D eigenvalue weighted by atomic mass is 10.2. The van der Waals surface area contributed by atoms with Crippen molar-refractivity contribution in [3.05, 3.63) is 30.3 Å². The highest BCUT2D eigenvalue weighted by molar-refractivity contribution is 5.45. The minimum absolute atomic E-state index is 0.389. The predicted molar refractivity (Wildman–Crippen MR) is 57.3 cm³/mol. The Kier molecular flexibility index (Phi) is 2.77. The molecule has 0 radical (unpaired) electrons. The molecule has 0 aromatic heterocycles. The molecule has 1 unspecified atom stereocenters. The molecule has 0 fully saturated rings. The van der Waals surface area contributed by atoms with Crippen molar-refractivity contribution in [3.63, 3.8) is 0 Å². The van der Waals surface area contributed by atoms with Crippen LogP contribution >= 0.6 is 0 Å². The highest BCUT2D eigenvalue weighted by Crippen LogP contribution is 2.21. The van der Waals surface area contributed by atoms with E-state index in [1.54, 1.807) is 0 Å². The van der Waals surface area contributed by atoms with Crippen molar-refractivity contribution in [2.75, 3.05) is 11.6 Å². The molecule has 0 aliphatic carbocycles. The Labute approximate surface area is 84.4 Å². The van der Waals surface area contributed by atoms with Crippen molar-refractivity contribution >= 4 is 5.69 Å². The summed E-state index contributed by atoms with van der Waals surface area (Å²) < 4.78 is 0. The number of benzene rings is 1. The van der Waals surface area contributed by atoms with Gasteiger partial charge in [-0.05, 0) is 18.6 Å².